The smallest absolute Gasteiger partial charge is 0.245 e. The number of amides is 1. The van der Waals surface area contributed by atoms with Crippen LogP contribution in [-0.2, 0) is 17.6 Å². The van der Waals surface area contributed by atoms with Crippen molar-refractivity contribution < 1.29 is 4.79 Å². The van der Waals surface area contributed by atoms with Crippen molar-refractivity contribution in [2.75, 3.05) is 6.54 Å². The molecule has 0 saturated carbocycles. The normalized spacial score (nSPS) is 12.1. The highest BCUT2D eigenvalue weighted by Gasteiger charge is 2.22. The highest BCUT2D eigenvalue weighted by molar-refractivity contribution is 5.83. The maximum Gasteiger partial charge on any atom is 0.245 e. The first-order valence-corrected chi connectivity index (χ1v) is 8.90. The van der Waals surface area contributed by atoms with E-state index in [0.29, 0.717) is 13.0 Å². The predicted molar refractivity (Wildman–Crippen MR) is 102 cm³/mol. The first kappa shape index (κ1) is 17.0. The van der Waals surface area contributed by atoms with Crippen LogP contribution in [0.1, 0.15) is 17.2 Å². The quantitative estimate of drug-likeness (QED) is 0.529. The van der Waals surface area contributed by atoms with Crippen molar-refractivity contribution in [3.05, 3.63) is 78.2 Å². The fraction of sp³-hybridized carbons (Fsp3) is 0.200. The molecule has 0 saturated heterocycles. The minimum Gasteiger partial charge on any atom is -0.361 e. The van der Waals surface area contributed by atoms with E-state index in [4.69, 9.17) is 0 Å². The van der Waals surface area contributed by atoms with Gasteiger partial charge in [-0.15, -0.1) is 5.10 Å². The van der Waals surface area contributed by atoms with E-state index in [9.17, 15) is 4.79 Å². The number of tetrazole rings is 1. The zero-order valence-corrected chi connectivity index (χ0v) is 14.7. The molecule has 0 fully saturated rings. The summed E-state index contributed by atoms with van der Waals surface area (Å²) in [6.45, 7) is 0.550. The molecule has 0 spiro atoms. The van der Waals surface area contributed by atoms with Crippen molar-refractivity contribution in [3.63, 3.8) is 0 Å². The second kappa shape index (κ2) is 7.82. The number of hydrogen-bond acceptors (Lipinski definition) is 4. The Kier molecular flexibility index (Phi) is 4.91. The number of benzene rings is 2. The number of rotatable bonds is 7. The summed E-state index contributed by atoms with van der Waals surface area (Å²) in [4.78, 5) is 16.1. The lowest BCUT2D eigenvalue weighted by molar-refractivity contribution is -0.124. The Balaban J connectivity index is 1.42. The Morgan fingerprint density at radius 3 is 2.74 bits per heavy atom. The number of carbonyl (C=O) groups excluding carboxylic acids is 1. The molecule has 27 heavy (non-hydrogen) atoms. The lowest BCUT2D eigenvalue weighted by Gasteiger charge is -2.16. The summed E-state index contributed by atoms with van der Waals surface area (Å²) in [5.74, 6) is -0.0917. The SMILES string of the molecule is O=C(NCCc1c[nH]c2ccccc12)[C@H](Cc1ccccc1)n1cnnn1. The number of aromatic nitrogens is 5. The average molecular weight is 360 g/mol. The first-order chi connectivity index (χ1) is 13.3. The highest BCUT2D eigenvalue weighted by Crippen LogP contribution is 2.18. The lowest BCUT2D eigenvalue weighted by atomic mass is 10.1. The number of fused-ring (bicyclic) bond motifs is 1. The van der Waals surface area contributed by atoms with Crippen LogP contribution in [0.25, 0.3) is 10.9 Å². The van der Waals surface area contributed by atoms with Gasteiger partial charge in [0.2, 0.25) is 5.91 Å². The number of nitrogens with zero attached hydrogens (tertiary/aromatic N) is 4. The third-order valence-corrected chi connectivity index (χ3v) is 4.63. The molecule has 136 valence electrons. The molecule has 4 aromatic rings. The molecule has 2 aromatic carbocycles. The number of H-pyrrole nitrogens is 1. The van der Waals surface area contributed by atoms with Crippen LogP contribution in [0.5, 0.6) is 0 Å². The zero-order valence-electron chi connectivity index (χ0n) is 14.7. The van der Waals surface area contributed by atoms with Crippen LogP contribution in [0.4, 0.5) is 0 Å². The van der Waals surface area contributed by atoms with E-state index in [1.54, 1.807) is 0 Å². The summed E-state index contributed by atoms with van der Waals surface area (Å²) < 4.78 is 1.51. The minimum absolute atomic E-state index is 0.0917. The second-order valence-electron chi connectivity index (χ2n) is 6.40. The molecule has 0 radical (unpaired) electrons. The molecule has 7 nitrogen and oxygen atoms in total. The van der Waals surface area contributed by atoms with Crippen LogP contribution in [0.2, 0.25) is 0 Å². The monoisotopic (exact) mass is 360 g/mol. The molecule has 7 heteroatoms. The Labute approximate surface area is 156 Å². The Hall–Kier alpha value is -3.48. The first-order valence-electron chi connectivity index (χ1n) is 8.90. The number of hydrogen-bond donors (Lipinski definition) is 2. The fourth-order valence-electron chi connectivity index (χ4n) is 3.23. The zero-order chi connectivity index (χ0) is 18.5. The molecule has 0 bridgehead atoms. The van der Waals surface area contributed by atoms with Crippen LogP contribution in [-0.4, -0.2) is 37.6 Å². The molecule has 2 aromatic heterocycles. The van der Waals surface area contributed by atoms with Gasteiger partial charge in [-0.2, -0.15) is 0 Å². The topological polar surface area (TPSA) is 88.5 Å². The summed E-state index contributed by atoms with van der Waals surface area (Å²) in [6, 6.07) is 17.5. The van der Waals surface area contributed by atoms with Crippen molar-refractivity contribution >= 4 is 16.8 Å². The molecule has 0 aliphatic rings. The Bertz CT molecular complexity index is 1010. The van der Waals surface area contributed by atoms with Gasteiger partial charge in [-0.1, -0.05) is 48.5 Å². The standard InChI is InChI=1S/C20H20N6O/c27-20(21-11-10-16-13-22-18-9-5-4-8-17(16)18)19(26-14-23-24-25-26)12-15-6-2-1-3-7-15/h1-9,13-14,19,22H,10-12H2,(H,21,27)/t19-/m0/s1. The van der Waals surface area contributed by atoms with Crippen LogP contribution in [0.3, 0.4) is 0 Å². The van der Waals surface area contributed by atoms with E-state index >= 15 is 0 Å². The molecular weight excluding hydrogens is 340 g/mol. The number of para-hydroxylation sites is 1. The second-order valence-corrected chi connectivity index (χ2v) is 6.40. The highest BCUT2D eigenvalue weighted by atomic mass is 16.2. The summed E-state index contributed by atoms with van der Waals surface area (Å²) in [6.07, 6.45) is 4.76. The van der Waals surface area contributed by atoms with Crippen LogP contribution in [0.15, 0.2) is 67.1 Å². The molecule has 0 unspecified atom stereocenters. The van der Waals surface area contributed by atoms with Gasteiger partial charge < -0.3 is 10.3 Å². The van der Waals surface area contributed by atoms with E-state index in [1.165, 1.54) is 22.0 Å². The molecule has 0 aliphatic heterocycles. The van der Waals surface area contributed by atoms with E-state index in [-0.39, 0.29) is 5.91 Å². The van der Waals surface area contributed by atoms with Gasteiger partial charge in [0.1, 0.15) is 12.4 Å². The lowest BCUT2D eigenvalue weighted by Crippen LogP contribution is -2.35. The van der Waals surface area contributed by atoms with Crippen molar-refractivity contribution in [2.24, 2.45) is 0 Å². The molecule has 2 heterocycles. The maximum absolute atomic E-state index is 12.8. The van der Waals surface area contributed by atoms with Crippen LogP contribution < -0.4 is 5.32 Å². The molecule has 0 aliphatic carbocycles. The number of aromatic amines is 1. The molecular formula is C20H20N6O. The third-order valence-electron chi connectivity index (χ3n) is 4.63. The van der Waals surface area contributed by atoms with Crippen molar-refractivity contribution in [1.82, 2.24) is 30.5 Å². The molecule has 2 N–H and O–H groups in total. The van der Waals surface area contributed by atoms with Gasteiger partial charge in [-0.3, -0.25) is 4.79 Å². The van der Waals surface area contributed by atoms with Crippen molar-refractivity contribution in [1.29, 1.82) is 0 Å². The summed E-state index contributed by atoms with van der Waals surface area (Å²) in [7, 11) is 0. The maximum atomic E-state index is 12.8. The average Bonchev–Trinajstić information content (AvgIpc) is 3.37. The van der Waals surface area contributed by atoms with Gasteiger partial charge in [-0.25, -0.2) is 4.68 Å². The summed E-state index contributed by atoms with van der Waals surface area (Å²) in [5, 5.41) is 15.5. The van der Waals surface area contributed by atoms with E-state index in [0.717, 1.165) is 17.5 Å². The van der Waals surface area contributed by atoms with Gasteiger partial charge in [-0.05, 0) is 34.0 Å². The predicted octanol–water partition coefficient (Wildman–Crippen LogP) is 2.30. The molecule has 1 atom stereocenters. The van der Waals surface area contributed by atoms with Gasteiger partial charge in [0.15, 0.2) is 0 Å². The van der Waals surface area contributed by atoms with Crippen LogP contribution in [0, 0.1) is 0 Å². The summed E-state index contributed by atoms with van der Waals surface area (Å²) >= 11 is 0. The number of carbonyl (C=O) groups is 1. The Morgan fingerprint density at radius 1 is 1.11 bits per heavy atom. The van der Waals surface area contributed by atoms with Gasteiger partial charge in [0.25, 0.3) is 0 Å². The van der Waals surface area contributed by atoms with Gasteiger partial charge in [0, 0.05) is 30.1 Å². The summed E-state index contributed by atoms with van der Waals surface area (Å²) in [5.41, 5.74) is 3.35. The van der Waals surface area contributed by atoms with E-state index < -0.39 is 6.04 Å². The fourth-order valence-corrected chi connectivity index (χ4v) is 3.23. The van der Waals surface area contributed by atoms with E-state index in [2.05, 4.69) is 31.9 Å². The number of nitrogens with one attached hydrogen (secondary N) is 2. The van der Waals surface area contributed by atoms with E-state index in [1.807, 2.05) is 54.7 Å². The van der Waals surface area contributed by atoms with Gasteiger partial charge >= 0.3 is 0 Å². The third kappa shape index (κ3) is 3.87. The largest absolute Gasteiger partial charge is 0.361 e. The van der Waals surface area contributed by atoms with Crippen molar-refractivity contribution in [2.45, 2.75) is 18.9 Å². The van der Waals surface area contributed by atoms with Crippen molar-refractivity contribution in [3.8, 4) is 0 Å². The molecule has 1 amide bonds. The Morgan fingerprint density at radius 2 is 1.93 bits per heavy atom. The van der Waals surface area contributed by atoms with Gasteiger partial charge in [0.05, 0.1) is 0 Å². The van der Waals surface area contributed by atoms with Crippen LogP contribution >= 0.6 is 0 Å². The molecule has 4 rings (SSSR count). The minimum atomic E-state index is -0.481.